The van der Waals surface area contributed by atoms with E-state index in [1.54, 1.807) is 6.07 Å². The summed E-state index contributed by atoms with van der Waals surface area (Å²) >= 11 is 6.10. The van der Waals surface area contributed by atoms with E-state index in [2.05, 4.69) is 0 Å². The van der Waals surface area contributed by atoms with Crippen LogP contribution in [0.5, 0.6) is 5.75 Å². The average Bonchev–Trinajstić information content (AvgIpc) is 2.55. The summed E-state index contributed by atoms with van der Waals surface area (Å²) < 4.78 is 30.2. The van der Waals surface area contributed by atoms with Gasteiger partial charge in [-0.25, -0.2) is 13.2 Å². The van der Waals surface area contributed by atoms with Gasteiger partial charge in [0.2, 0.25) is 9.84 Å². The molecule has 24 heavy (non-hydrogen) atoms. The highest BCUT2D eigenvalue weighted by Crippen LogP contribution is 2.27. The summed E-state index contributed by atoms with van der Waals surface area (Å²) in [5, 5.41) is 8.90. The molecule has 0 amide bonds. The van der Waals surface area contributed by atoms with Gasteiger partial charge in [-0.2, -0.15) is 0 Å². The van der Waals surface area contributed by atoms with Crippen LogP contribution in [0.2, 0.25) is 5.02 Å². The zero-order chi connectivity index (χ0) is 17.7. The number of nitrogens with two attached hydrogens (primary N) is 1. The highest BCUT2D eigenvalue weighted by molar-refractivity contribution is 7.91. The molecule has 0 spiro atoms. The van der Waals surface area contributed by atoms with Gasteiger partial charge in [-0.1, -0.05) is 17.7 Å². The minimum atomic E-state index is -3.73. The van der Waals surface area contributed by atoms with Crippen LogP contribution in [0.1, 0.15) is 5.56 Å². The number of halogens is 1. The Kier molecular flexibility index (Phi) is 5.82. The molecule has 2 aromatic carbocycles. The fourth-order valence-electron chi connectivity index (χ4n) is 2.05. The number of rotatable bonds is 7. The minimum Gasteiger partial charge on any atom is -0.482 e. The second-order valence-corrected chi connectivity index (χ2v) is 7.31. The first kappa shape index (κ1) is 18.3. The molecule has 128 valence electrons. The lowest BCUT2D eigenvalue weighted by atomic mass is 10.1. The Morgan fingerprint density at radius 2 is 1.75 bits per heavy atom. The average molecular weight is 370 g/mol. The molecule has 0 fully saturated rings. The zero-order valence-electron chi connectivity index (χ0n) is 12.6. The van der Waals surface area contributed by atoms with Gasteiger partial charge in [0, 0.05) is 5.02 Å². The second-order valence-electron chi connectivity index (χ2n) is 4.95. The second kappa shape index (κ2) is 7.65. The standard InChI is InChI=1S/C16H16ClNO5S/c17-15-9-14(4-1-11(15)7-8-18)24(21,22)13-5-2-12(3-6-13)23-10-16(19)20/h1-6,9H,7-8,10,18H2,(H,19,20). The Hall–Kier alpha value is -2.09. The zero-order valence-corrected chi connectivity index (χ0v) is 14.2. The van der Waals surface area contributed by atoms with E-state index in [1.165, 1.54) is 36.4 Å². The Morgan fingerprint density at radius 1 is 1.12 bits per heavy atom. The summed E-state index contributed by atoms with van der Waals surface area (Å²) in [6.07, 6.45) is 0.564. The smallest absolute Gasteiger partial charge is 0.341 e. The van der Waals surface area contributed by atoms with Crippen molar-refractivity contribution in [3.63, 3.8) is 0 Å². The van der Waals surface area contributed by atoms with Gasteiger partial charge in [0.25, 0.3) is 0 Å². The van der Waals surface area contributed by atoms with Crippen LogP contribution in [0.3, 0.4) is 0 Å². The highest BCUT2D eigenvalue weighted by atomic mass is 35.5. The lowest BCUT2D eigenvalue weighted by Crippen LogP contribution is -2.09. The summed E-state index contributed by atoms with van der Waals surface area (Å²) in [6, 6.07) is 10.0. The molecule has 0 saturated carbocycles. The molecular weight excluding hydrogens is 354 g/mol. The first-order valence-corrected chi connectivity index (χ1v) is 8.89. The van der Waals surface area contributed by atoms with E-state index in [9.17, 15) is 13.2 Å². The number of benzene rings is 2. The Bertz CT molecular complexity index is 834. The Labute approximate surface area is 144 Å². The maximum Gasteiger partial charge on any atom is 0.341 e. The van der Waals surface area contributed by atoms with Crippen LogP contribution >= 0.6 is 11.6 Å². The van der Waals surface area contributed by atoms with Gasteiger partial charge in [-0.15, -0.1) is 0 Å². The van der Waals surface area contributed by atoms with Crippen molar-refractivity contribution >= 4 is 27.4 Å². The molecule has 2 rings (SSSR count). The molecule has 0 aliphatic heterocycles. The largest absolute Gasteiger partial charge is 0.482 e. The molecule has 3 N–H and O–H groups in total. The van der Waals surface area contributed by atoms with Gasteiger partial charge in [0.05, 0.1) is 9.79 Å². The number of carboxylic acid groups (broad SMARTS) is 1. The van der Waals surface area contributed by atoms with E-state index in [4.69, 9.17) is 27.2 Å². The molecule has 0 heterocycles. The Balaban J connectivity index is 2.26. The van der Waals surface area contributed by atoms with Crippen LogP contribution in [-0.4, -0.2) is 32.6 Å². The van der Waals surface area contributed by atoms with E-state index in [0.717, 1.165) is 5.56 Å². The van der Waals surface area contributed by atoms with E-state index >= 15 is 0 Å². The van der Waals surface area contributed by atoms with Gasteiger partial charge in [-0.3, -0.25) is 0 Å². The van der Waals surface area contributed by atoms with E-state index in [0.29, 0.717) is 18.0 Å². The molecule has 0 unspecified atom stereocenters. The van der Waals surface area contributed by atoms with E-state index in [1.807, 2.05) is 0 Å². The Morgan fingerprint density at radius 3 is 2.29 bits per heavy atom. The van der Waals surface area contributed by atoms with Crippen LogP contribution in [0.15, 0.2) is 52.3 Å². The first-order valence-electron chi connectivity index (χ1n) is 7.03. The van der Waals surface area contributed by atoms with Crippen LogP contribution in [-0.2, 0) is 21.1 Å². The number of aliphatic carboxylic acids is 1. The maximum absolute atomic E-state index is 12.6. The molecule has 0 atom stereocenters. The van der Waals surface area contributed by atoms with Crippen molar-refractivity contribution in [1.82, 2.24) is 0 Å². The number of carboxylic acids is 1. The molecule has 0 aliphatic carbocycles. The first-order chi connectivity index (χ1) is 11.3. The van der Waals surface area contributed by atoms with Crippen molar-refractivity contribution in [2.75, 3.05) is 13.2 Å². The molecule has 2 aromatic rings. The molecule has 8 heteroatoms. The third-order valence-electron chi connectivity index (χ3n) is 3.24. The molecule has 0 bridgehead atoms. The molecule has 0 saturated heterocycles. The van der Waals surface area contributed by atoms with Gasteiger partial charge < -0.3 is 15.6 Å². The summed E-state index contributed by atoms with van der Waals surface area (Å²) in [5.41, 5.74) is 6.26. The summed E-state index contributed by atoms with van der Waals surface area (Å²) in [6.45, 7) is -0.0755. The summed E-state index contributed by atoms with van der Waals surface area (Å²) in [4.78, 5) is 10.6. The summed E-state index contributed by atoms with van der Waals surface area (Å²) in [5.74, 6) is -0.841. The lowest BCUT2D eigenvalue weighted by molar-refractivity contribution is -0.139. The fourth-order valence-corrected chi connectivity index (χ4v) is 3.68. The van der Waals surface area contributed by atoms with Crippen molar-refractivity contribution < 1.29 is 23.1 Å². The quantitative estimate of drug-likeness (QED) is 0.774. The van der Waals surface area contributed by atoms with Crippen molar-refractivity contribution in [1.29, 1.82) is 0 Å². The summed E-state index contributed by atoms with van der Waals surface area (Å²) in [7, 11) is -3.73. The van der Waals surface area contributed by atoms with Gasteiger partial charge in [-0.05, 0) is 54.9 Å². The predicted octanol–water partition coefficient (Wildman–Crippen LogP) is 2.14. The predicted molar refractivity (Wildman–Crippen MR) is 89.2 cm³/mol. The molecule has 0 aromatic heterocycles. The number of hydrogen-bond donors (Lipinski definition) is 2. The van der Waals surface area contributed by atoms with Crippen molar-refractivity contribution in [2.45, 2.75) is 16.2 Å². The van der Waals surface area contributed by atoms with Crippen molar-refractivity contribution in [3.8, 4) is 5.75 Å². The molecule has 6 nitrogen and oxygen atoms in total. The molecule has 0 aliphatic rings. The molecule has 0 radical (unpaired) electrons. The van der Waals surface area contributed by atoms with Crippen molar-refractivity contribution in [2.24, 2.45) is 5.73 Å². The third-order valence-corrected chi connectivity index (χ3v) is 5.36. The van der Waals surface area contributed by atoms with Gasteiger partial charge >= 0.3 is 5.97 Å². The fraction of sp³-hybridized carbons (Fsp3) is 0.188. The van der Waals surface area contributed by atoms with Crippen molar-refractivity contribution in [3.05, 3.63) is 53.1 Å². The van der Waals surface area contributed by atoms with E-state index < -0.39 is 22.4 Å². The lowest BCUT2D eigenvalue weighted by Gasteiger charge is -2.09. The van der Waals surface area contributed by atoms with Gasteiger partial charge in [0.1, 0.15) is 5.75 Å². The van der Waals surface area contributed by atoms with Crippen LogP contribution < -0.4 is 10.5 Å². The normalized spacial score (nSPS) is 11.2. The maximum atomic E-state index is 12.6. The van der Waals surface area contributed by atoms with Crippen LogP contribution in [0, 0.1) is 0 Å². The van der Waals surface area contributed by atoms with Crippen LogP contribution in [0.25, 0.3) is 0 Å². The number of carbonyl (C=O) groups is 1. The topological polar surface area (TPSA) is 107 Å². The van der Waals surface area contributed by atoms with Crippen LogP contribution in [0.4, 0.5) is 0 Å². The van der Waals surface area contributed by atoms with E-state index in [-0.39, 0.29) is 15.5 Å². The number of hydrogen-bond acceptors (Lipinski definition) is 5. The highest BCUT2D eigenvalue weighted by Gasteiger charge is 2.19. The third kappa shape index (κ3) is 4.25. The SMILES string of the molecule is NCCc1ccc(S(=O)(=O)c2ccc(OCC(=O)O)cc2)cc1Cl. The van der Waals surface area contributed by atoms with Gasteiger partial charge in [0.15, 0.2) is 6.61 Å². The molecular formula is C16H16ClNO5S. The number of ether oxygens (including phenoxy) is 1. The number of sulfone groups is 1. The minimum absolute atomic E-state index is 0.0628. The monoisotopic (exact) mass is 369 g/mol.